The van der Waals surface area contributed by atoms with Gasteiger partial charge in [-0.3, -0.25) is 14.6 Å². The Labute approximate surface area is 163 Å². The molecule has 2 unspecified atom stereocenters. The number of piperazine rings is 1. The molecular weight excluding hydrogens is 365 g/mol. The molecule has 1 saturated heterocycles. The van der Waals surface area contributed by atoms with Crippen molar-refractivity contribution < 1.29 is 8.68 Å². The second-order valence-corrected chi connectivity index (χ2v) is 9.36. The number of amides is 1. The van der Waals surface area contributed by atoms with Crippen LogP contribution in [0, 0.1) is 6.92 Å². The van der Waals surface area contributed by atoms with Gasteiger partial charge in [0.15, 0.2) is 0 Å². The fourth-order valence-electron chi connectivity index (χ4n) is 3.40. The number of carbonyl (C=O) groups excluding carboxylic acids is 1. The van der Waals surface area contributed by atoms with Gasteiger partial charge in [0.2, 0.25) is 5.91 Å². The van der Waals surface area contributed by atoms with Crippen molar-refractivity contribution in [3.05, 3.63) is 40.9 Å². The number of benzene rings is 1. The van der Waals surface area contributed by atoms with Gasteiger partial charge in [0.05, 0.1) is 22.2 Å². The lowest BCUT2D eigenvalue weighted by atomic mass is 10.2. The highest BCUT2D eigenvalue weighted by molar-refractivity contribution is 8.30. The number of aryl methyl sites for hydroxylation is 1. The maximum absolute atomic E-state index is 14.6. The molecule has 1 aromatic rings. The Morgan fingerprint density at radius 1 is 1.33 bits per heavy atom. The Kier molecular flexibility index (Phi) is 6.41. The maximum atomic E-state index is 14.6. The molecule has 2 heterocycles. The molecule has 1 aromatic carbocycles. The SMILES string of the molecule is CCNS1(F)NC=C1CN1CCN(CC(=O)Nc2ccc(C)cc2)CC1C. The summed E-state index contributed by atoms with van der Waals surface area (Å²) in [5.41, 5.74) is 2.00. The van der Waals surface area contributed by atoms with Gasteiger partial charge in [-0.2, -0.15) is 0 Å². The first-order valence-corrected chi connectivity index (χ1v) is 11.0. The number of hydrogen-bond donors (Lipinski definition) is 3. The molecule has 8 heteroatoms. The first-order valence-electron chi connectivity index (χ1n) is 9.46. The molecule has 0 bridgehead atoms. The van der Waals surface area contributed by atoms with Crippen LogP contribution in [-0.4, -0.2) is 61.0 Å². The molecule has 2 atom stereocenters. The van der Waals surface area contributed by atoms with Crippen LogP contribution < -0.4 is 14.8 Å². The molecule has 3 rings (SSSR count). The summed E-state index contributed by atoms with van der Waals surface area (Å²) >= 11 is 0. The van der Waals surface area contributed by atoms with Gasteiger partial charge in [-0.1, -0.05) is 24.6 Å². The minimum absolute atomic E-state index is 0.00442. The van der Waals surface area contributed by atoms with Gasteiger partial charge in [0.1, 0.15) is 0 Å². The molecule has 0 aliphatic carbocycles. The van der Waals surface area contributed by atoms with E-state index in [1.807, 2.05) is 38.1 Å². The van der Waals surface area contributed by atoms with Gasteiger partial charge in [-0.25, -0.2) is 4.72 Å². The van der Waals surface area contributed by atoms with E-state index in [0.717, 1.165) is 30.2 Å². The predicted molar refractivity (Wildman–Crippen MR) is 111 cm³/mol. The van der Waals surface area contributed by atoms with Crippen LogP contribution in [0.1, 0.15) is 19.4 Å². The first-order chi connectivity index (χ1) is 12.9. The highest BCUT2D eigenvalue weighted by Gasteiger charge is 2.36. The maximum Gasteiger partial charge on any atom is 0.238 e. The van der Waals surface area contributed by atoms with E-state index in [0.29, 0.717) is 19.6 Å². The Morgan fingerprint density at radius 3 is 2.67 bits per heavy atom. The van der Waals surface area contributed by atoms with Gasteiger partial charge < -0.3 is 10.0 Å². The second kappa shape index (κ2) is 8.60. The van der Waals surface area contributed by atoms with E-state index in [2.05, 4.69) is 31.5 Å². The molecule has 27 heavy (non-hydrogen) atoms. The molecule has 1 fully saturated rings. The molecule has 0 spiro atoms. The van der Waals surface area contributed by atoms with Crippen molar-refractivity contribution >= 4 is 22.4 Å². The fourth-order valence-corrected chi connectivity index (χ4v) is 4.91. The summed E-state index contributed by atoms with van der Waals surface area (Å²) in [7, 11) is -2.48. The summed E-state index contributed by atoms with van der Waals surface area (Å²) in [6, 6.07) is 8.09. The minimum atomic E-state index is -2.48. The number of rotatable bonds is 7. The molecule has 6 nitrogen and oxygen atoms in total. The van der Waals surface area contributed by atoms with Crippen LogP contribution in [0.5, 0.6) is 0 Å². The quantitative estimate of drug-likeness (QED) is 0.662. The van der Waals surface area contributed by atoms with Crippen molar-refractivity contribution in [1.29, 1.82) is 0 Å². The lowest BCUT2D eigenvalue weighted by Crippen LogP contribution is -2.54. The van der Waals surface area contributed by atoms with Crippen molar-refractivity contribution in [3.8, 4) is 0 Å². The number of carbonyl (C=O) groups is 1. The van der Waals surface area contributed by atoms with E-state index in [1.54, 1.807) is 6.20 Å². The van der Waals surface area contributed by atoms with E-state index in [-0.39, 0.29) is 11.9 Å². The van der Waals surface area contributed by atoms with Crippen molar-refractivity contribution in [2.75, 3.05) is 44.6 Å². The first kappa shape index (κ1) is 20.1. The van der Waals surface area contributed by atoms with Crippen LogP contribution in [0.3, 0.4) is 0 Å². The van der Waals surface area contributed by atoms with E-state index in [4.69, 9.17) is 0 Å². The van der Waals surface area contributed by atoms with Crippen molar-refractivity contribution in [2.24, 2.45) is 0 Å². The predicted octanol–water partition coefficient (Wildman–Crippen LogP) is 2.51. The smallest absolute Gasteiger partial charge is 0.238 e. The average molecular weight is 396 g/mol. The monoisotopic (exact) mass is 395 g/mol. The summed E-state index contributed by atoms with van der Waals surface area (Å²) in [5, 5.41) is 2.95. The Balaban J connectivity index is 1.46. The summed E-state index contributed by atoms with van der Waals surface area (Å²) in [6.45, 7) is 10.1. The molecular formula is C19H30FN5OS. The van der Waals surface area contributed by atoms with Crippen molar-refractivity contribution in [2.45, 2.75) is 26.8 Å². The Bertz CT molecular complexity index is 698. The van der Waals surface area contributed by atoms with E-state index < -0.39 is 10.8 Å². The number of nitrogens with one attached hydrogen (secondary N) is 3. The van der Waals surface area contributed by atoms with Crippen LogP contribution in [0.25, 0.3) is 0 Å². The Hall–Kier alpha value is -1.61. The molecule has 0 saturated carbocycles. The number of halogens is 1. The van der Waals surface area contributed by atoms with Crippen LogP contribution >= 0.6 is 10.8 Å². The van der Waals surface area contributed by atoms with Gasteiger partial charge in [-0.15, -0.1) is 3.89 Å². The topological polar surface area (TPSA) is 59.6 Å². The summed E-state index contributed by atoms with van der Waals surface area (Å²) in [4.78, 5) is 17.6. The van der Waals surface area contributed by atoms with Gasteiger partial charge in [-0.05, 0) is 26.0 Å². The highest BCUT2D eigenvalue weighted by atomic mass is 32.3. The third kappa shape index (κ3) is 5.01. The van der Waals surface area contributed by atoms with E-state index >= 15 is 0 Å². The molecule has 150 valence electrons. The molecule has 3 N–H and O–H groups in total. The normalized spacial score (nSPS) is 28.4. The lowest BCUT2D eigenvalue weighted by Gasteiger charge is -2.45. The van der Waals surface area contributed by atoms with E-state index in [9.17, 15) is 8.68 Å². The number of hydrogen-bond acceptors (Lipinski definition) is 5. The molecule has 0 aromatic heterocycles. The Morgan fingerprint density at radius 2 is 2.07 bits per heavy atom. The molecule has 1 amide bonds. The largest absolute Gasteiger partial charge is 0.325 e. The summed E-state index contributed by atoms with van der Waals surface area (Å²) in [5.74, 6) is 0.00442. The molecule has 2 aliphatic rings. The summed E-state index contributed by atoms with van der Waals surface area (Å²) in [6.07, 6.45) is 1.78. The highest BCUT2D eigenvalue weighted by Crippen LogP contribution is 2.55. The molecule has 0 radical (unpaired) electrons. The van der Waals surface area contributed by atoms with Gasteiger partial charge in [0, 0.05) is 50.7 Å². The van der Waals surface area contributed by atoms with E-state index in [1.165, 1.54) is 5.56 Å². The van der Waals surface area contributed by atoms with Crippen LogP contribution in [-0.2, 0) is 4.79 Å². The average Bonchev–Trinajstić information content (AvgIpc) is 2.62. The van der Waals surface area contributed by atoms with Gasteiger partial charge >= 0.3 is 0 Å². The zero-order chi connectivity index (χ0) is 19.4. The third-order valence-electron chi connectivity index (χ3n) is 5.00. The van der Waals surface area contributed by atoms with Gasteiger partial charge in [0.25, 0.3) is 0 Å². The van der Waals surface area contributed by atoms with Crippen LogP contribution in [0.4, 0.5) is 9.57 Å². The number of anilines is 1. The number of nitrogens with zero attached hydrogens (tertiary/aromatic N) is 2. The van der Waals surface area contributed by atoms with Crippen molar-refractivity contribution in [3.63, 3.8) is 0 Å². The minimum Gasteiger partial charge on any atom is -0.325 e. The zero-order valence-corrected chi connectivity index (χ0v) is 17.1. The summed E-state index contributed by atoms with van der Waals surface area (Å²) < 4.78 is 20.4. The van der Waals surface area contributed by atoms with Crippen molar-refractivity contribution in [1.82, 2.24) is 19.2 Å². The standard InChI is InChI=1S/C19H30FN5OS/c1-4-21-27(20)18(11-22-27)13-25-10-9-24(12-16(25)3)14-19(26)23-17-7-5-15(2)6-8-17/h5-8,11,16,21-22H,4,9-10,12-14H2,1-3H3,(H,23,26). The van der Waals surface area contributed by atoms with Crippen LogP contribution in [0.15, 0.2) is 35.4 Å². The second-order valence-electron chi connectivity index (χ2n) is 7.23. The zero-order valence-electron chi connectivity index (χ0n) is 16.3. The fraction of sp³-hybridized carbons (Fsp3) is 0.526. The lowest BCUT2D eigenvalue weighted by molar-refractivity contribution is -0.118. The third-order valence-corrected chi connectivity index (χ3v) is 7.10. The molecule has 2 aliphatic heterocycles. The van der Waals surface area contributed by atoms with Crippen LogP contribution in [0.2, 0.25) is 0 Å².